The van der Waals surface area contributed by atoms with Gasteiger partial charge in [0, 0.05) is 24.7 Å². The van der Waals surface area contributed by atoms with E-state index in [1.165, 1.54) is 38.5 Å². The highest BCUT2D eigenvalue weighted by molar-refractivity contribution is 4.87. The predicted molar refractivity (Wildman–Crippen MR) is 66.5 cm³/mol. The number of likely N-dealkylation sites (N-methyl/N-ethyl adjacent to an activating group) is 1. The van der Waals surface area contributed by atoms with Crippen molar-refractivity contribution in [3.8, 4) is 0 Å². The van der Waals surface area contributed by atoms with E-state index in [0.29, 0.717) is 6.04 Å². The highest BCUT2D eigenvalue weighted by Gasteiger charge is 2.27. The van der Waals surface area contributed by atoms with E-state index in [-0.39, 0.29) is 12.6 Å². The summed E-state index contributed by atoms with van der Waals surface area (Å²) in [4.78, 5) is 2.56. The summed E-state index contributed by atoms with van der Waals surface area (Å²) in [6.45, 7) is 4.66. The number of nitrogens with one attached hydrogen (secondary N) is 1. The molecule has 0 radical (unpaired) electrons. The Labute approximate surface area is 99.2 Å². The molecule has 0 aromatic rings. The molecular formula is C13H26N2O. The van der Waals surface area contributed by atoms with Crippen LogP contribution in [0.4, 0.5) is 0 Å². The fourth-order valence-electron chi connectivity index (χ4n) is 2.84. The number of nitrogens with zero attached hydrogens (tertiary/aromatic N) is 1. The monoisotopic (exact) mass is 226 g/mol. The number of aliphatic hydroxyl groups is 1. The molecule has 1 atom stereocenters. The third-order valence-electron chi connectivity index (χ3n) is 3.97. The lowest BCUT2D eigenvalue weighted by molar-refractivity contribution is 0.150. The quantitative estimate of drug-likeness (QED) is 0.688. The van der Waals surface area contributed by atoms with Crippen LogP contribution in [0.3, 0.4) is 0 Å². The van der Waals surface area contributed by atoms with Crippen LogP contribution < -0.4 is 5.32 Å². The molecular weight excluding hydrogens is 200 g/mol. The van der Waals surface area contributed by atoms with Crippen LogP contribution in [0.2, 0.25) is 0 Å². The molecule has 0 bridgehead atoms. The van der Waals surface area contributed by atoms with Crippen molar-refractivity contribution in [1.82, 2.24) is 10.2 Å². The molecule has 0 aromatic carbocycles. The van der Waals surface area contributed by atoms with Crippen molar-refractivity contribution in [3.05, 3.63) is 0 Å². The summed E-state index contributed by atoms with van der Waals surface area (Å²) in [7, 11) is 0. The fraction of sp³-hybridized carbons (Fsp3) is 1.00. The summed E-state index contributed by atoms with van der Waals surface area (Å²) in [6.07, 6.45) is 8.09. The minimum atomic E-state index is 0.278. The first-order valence-corrected chi connectivity index (χ1v) is 6.94. The third kappa shape index (κ3) is 3.44. The van der Waals surface area contributed by atoms with E-state index in [1.807, 2.05) is 0 Å². The summed E-state index contributed by atoms with van der Waals surface area (Å²) >= 11 is 0. The molecule has 3 heteroatoms. The summed E-state index contributed by atoms with van der Waals surface area (Å²) in [5.74, 6) is 0. The van der Waals surface area contributed by atoms with Crippen LogP contribution in [0.25, 0.3) is 0 Å². The molecule has 2 fully saturated rings. The molecule has 94 valence electrons. The summed E-state index contributed by atoms with van der Waals surface area (Å²) < 4.78 is 0. The Hall–Kier alpha value is -0.120. The van der Waals surface area contributed by atoms with Crippen LogP contribution in [-0.2, 0) is 0 Å². The van der Waals surface area contributed by atoms with Gasteiger partial charge >= 0.3 is 0 Å². The van der Waals surface area contributed by atoms with Gasteiger partial charge in [0.2, 0.25) is 0 Å². The minimum absolute atomic E-state index is 0.278. The van der Waals surface area contributed by atoms with Gasteiger partial charge in [0.15, 0.2) is 0 Å². The molecule has 0 spiro atoms. The number of rotatable bonds is 7. The molecule has 0 heterocycles. The summed E-state index contributed by atoms with van der Waals surface area (Å²) in [5.41, 5.74) is 0. The van der Waals surface area contributed by atoms with E-state index >= 15 is 0 Å². The lowest BCUT2D eigenvalue weighted by Gasteiger charge is -2.31. The molecule has 0 aliphatic heterocycles. The first-order chi connectivity index (χ1) is 7.83. The van der Waals surface area contributed by atoms with Gasteiger partial charge in [-0.25, -0.2) is 0 Å². The van der Waals surface area contributed by atoms with E-state index in [4.69, 9.17) is 0 Å². The van der Waals surface area contributed by atoms with Gasteiger partial charge in [-0.2, -0.15) is 0 Å². The Morgan fingerprint density at radius 1 is 1.25 bits per heavy atom. The minimum Gasteiger partial charge on any atom is -0.395 e. The maximum Gasteiger partial charge on any atom is 0.0597 e. The summed E-state index contributed by atoms with van der Waals surface area (Å²) in [5, 5.41) is 12.9. The average molecular weight is 226 g/mol. The Balaban J connectivity index is 1.77. The van der Waals surface area contributed by atoms with E-state index in [2.05, 4.69) is 17.1 Å². The molecule has 0 saturated heterocycles. The molecule has 2 rings (SSSR count). The molecule has 3 nitrogen and oxygen atoms in total. The first-order valence-electron chi connectivity index (χ1n) is 6.94. The smallest absolute Gasteiger partial charge is 0.0597 e. The average Bonchev–Trinajstić information content (AvgIpc) is 2.95. The first kappa shape index (κ1) is 12.3. The Kier molecular flexibility index (Phi) is 4.62. The van der Waals surface area contributed by atoms with Crippen LogP contribution in [0, 0.1) is 0 Å². The predicted octanol–water partition coefficient (Wildman–Crippen LogP) is 1.36. The molecule has 1 unspecified atom stereocenters. The van der Waals surface area contributed by atoms with Crippen LogP contribution in [0.15, 0.2) is 0 Å². The highest BCUT2D eigenvalue weighted by atomic mass is 16.3. The van der Waals surface area contributed by atoms with Crippen molar-refractivity contribution in [2.24, 2.45) is 0 Å². The number of hydrogen-bond donors (Lipinski definition) is 2. The van der Waals surface area contributed by atoms with Crippen molar-refractivity contribution >= 4 is 0 Å². The lowest BCUT2D eigenvalue weighted by atomic mass is 10.1. The van der Waals surface area contributed by atoms with Crippen molar-refractivity contribution in [2.75, 3.05) is 19.7 Å². The standard InChI is InChI=1S/C13H26N2O/c1-2-15(13-5-3-4-6-13)9-12(10-16)14-11-7-8-11/h11-14,16H,2-10H2,1H3. The Morgan fingerprint density at radius 3 is 2.44 bits per heavy atom. The van der Waals surface area contributed by atoms with Crippen LogP contribution in [-0.4, -0.2) is 47.8 Å². The number of aliphatic hydroxyl groups excluding tert-OH is 1. The molecule has 2 aliphatic carbocycles. The van der Waals surface area contributed by atoms with E-state index < -0.39 is 0 Å². The molecule has 16 heavy (non-hydrogen) atoms. The number of hydrogen-bond acceptors (Lipinski definition) is 3. The van der Waals surface area contributed by atoms with Gasteiger partial charge in [0.1, 0.15) is 0 Å². The maximum atomic E-state index is 9.40. The van der Waals surface area contributed by atoms with E-state index in [0.717, 1.165) is 19.1 Å². The summed E-state index contributed by atoms with van der Waals surface area (Å²) in [6, 6.07) is 1.76. The lowest BCUT2D eigenvalue weighted by Crippen LogP contribution is -2.47. The van der Waals surface area contributed by atoms with E-state index in [1.54, 1.807) is 0 Å². The van der Waals surface area contributed by atoms with E-state index in [9.17, 15) is 5.11 Å². The van der Waals surface area contributed by atoms with Gasteiger partial charge in [0.25, 0.3) is 0 Å². The Morgan fingerprint density at radius 2 is 1.94 bits per heavy atom. The molecule has 0 aromatic heterocycles. The maximum absolute atomic E-state index is 9.40. The van der Waals surface area contributed by atoms with Gasteiger partial charge in [-0.15, -0.1) is 0 Å². The molecule has 2 aliphatic rings. The van der Waals surface area contributed by atoms with Crippen LogP contribution >= 0.6 is 0 Å². The van der Waals surface area contributed by atoms with Gasteiger partial charge in [0.05, 0.1) is 6.61 Å². The van der Waals surface area contributed by atoms with Gasteiger partial charge in [-0.3, -0.25) is 4.90 Å². The van der Waals surface area contributed by atoms with Gasteiger partial charge in [-0.05, 0) is 32.2 Å². The SMILES string of the molecule is CCN(CC(CO)NC1CC1)C1CCCC1. The van der Waals surface area contributed by atoms with Crippen LogP contribution in [0.1, 0.15) is 45.4 Å². The second-order valence-corrected chi connectivity index (χ2v) is 5.35. The van der Waals surface area contributed by atoms with Crippen LogP contribution in [0.5, 0.6) is 0 Å². The molecule has 0 amide bonds. The van der Waals surface area contributed by atoms with Gasteiger partial charge in [-0.1, -0.05) is 19.8 Å². The third-order valence-corrected chi connectivity index (χ3v) is 3.97. The van der Waals surface area contributed by atoms with Crippen molar-refractivity contribution < 1.29 is 5.11 Å². The zero-order chi connectivity index (χ0) is 11.4. The fourth-order valence-corrected chi connectivity index (χ4v) is 2.84. The Bertz CT molecular complexity index is 200. The zero-order valence-electron chi connectivity index (χ0n) is 10.5. The van der Waals surface area contributed by atoms with Crippen molar-refractivity contribution in [2.45, 2.75) is 63.6 Å². The molecule has 2 N–H and O–H groups in total. The highest BCUT2D eigenvalue weighted by Crippen LogP contribution is 2.24. The second-order valence-electron chi connectivity index (χ2n) is 5.35. The van der Waals surface area contributed by atoms with Gasteiger partial charge < -0.3 is 10.4 Å². The molecule has 2 saturated carbocycles. The normalized spacial score (nSPS) is 24.2. The van der Waals surface area contributed by atoms with Crippen molar-refractivity contribution in [1.29, 1.82) is 0 Å². The largest absolute Gasteiger partial charge is 0.395 e. The second kappa shape index (κ2) is 5.99. The van der Waals surface area contributed by atoms with Crippen molar-refractivity contribution in [3.63, 3.8) is 0 Å². The zero-order valence-corrected chi connectivity index (χ0v) is 10.5. The topological polar surface area (TPSA) is 35.5 Å².